The first-order valence-electron chi connectivity index (χ1n) is 7.03. The molecule has 24 heavy (non-hydrogen) atoms. The summed E-state index contributed by atoms with van der Waals surface area (Å²) < 4.78 is 7.81. The van der Waals surface area contributed by atoms with Crippen molar-refractivity contribution < 1.29 is 14.3 Å². The predicted molar refractivity (Wildman–Crippen MR) is 107 cm³/mol. The van der Waals surface area contributed by atoms with E-state index >= 15 is 0 Å². The number of benzene rings is 2. The van der Waals surface area contributed by atoms with Gasteiger partial charge in [0.1, 0.15) is 18.1 Å². The molecule has 3 rings (SSSR count). The van der Waals surface area contributed by atoms with E-state index in [1.807, 2.05) is 42.5 Å². The van der Waals surface area contributed by atoms with E-state index in [2.05, 4.69) is 55.8 Å². The minimum Gasteiger partial charge on any atom is -0.487 e. The molecule has 1 saturated heterocycles. The first-order valence-corrected chi connectivity index (χ1v) is 9.18. The van der Waals surface area contributed by atoms with Gasteiger partial charge in [0.05, 0.1) is 7.14 Å². The summed E-state index contributed by atoms with van der Waals surface area (Å²) >= 11 is 4.41. The molecular weight excluding hydrogens is 534 g/mol. The van der Waals surface area contributed by atoms with Crippen LogP contribution in [0, 0.1) is 7.14 Å². The maximum Gasteiger partial charge on any atom is 0.326 e. The van der Waals surface area contributed by atoms with E-state index in [1.165, 1.54) is 0 Å². The molecular formula is C17H12I2N2O3. The molecule has 0 aliphatic carbocycles. The standard InChI is InChI=1S/C17H12I2N2O3/c18-12-6-11(8-14-16(22)21-17(23)20-14)7-13(19)15(12)24-9-10-4-2-1-3-5-10/h1-8H,9H2,(H2,20,21,22,23)/b14-8+. The lowest BCUT2D eigenvalue weighted by Crippen LogP contribution is -2.22. The van der Waals surface area contributed by atoms with Gasteiger partial charge < -0.3 is 10.1 Å². The quantitative estimate of drug-likeness (QED) is 0.350. The Kier molecular flexibility index (Phi) is 5.39. The van der Waals surface area contributed by atoms with Gasteiger partial charge in [0.2, 0.25) is 0 Å². The third-order valence-electron chi connectivity index (χ3n) is 3.28. The molecule has 122 valence electrons. The average Bonchev–Trinajstić information content (AvgIpc) is 2.85. The van der Waals surface area contributed by atoms with Gasteiger partial charge in [-0.3, -0.25) is 10.1 Å². The van der Waals surface area contributed by atoms with Crippen LogP contribution < -0.4 is 15.4 Å². The molecule has 7 heteroatoms. The summed E-state index contributed by atoms with van der Waals surface area (Å²) in [4.78, 5) is 22.7. The number of carbonyl (C=O) groups is 2. The van der Waals surface area contributed by atoms with Gasteiger partial charge in [0, 0.05) is 0 Å². The number of nitrogens with one attached hydrogen (secondary N) is 2. The van der Waals surface area contributed by atoms with E-state index in [4.69, 9.17) is 4.74 Å². The summed E-state index contributed by atoms with van der Waals surface area (Å²) in [7, 11) is 0. The first kappa shape index (κ1) is 17.2. The molecule has 1 aliphatic rings. The van der Waals surface area contributed by atoms with Crippen molar-refractivity contribution in [3.05, 3.63) is 66.4 Å². The number of amides is 3. The zero-order chi connectivity index (χ0) is 17.1. The van der Waals surface area contributed by atoms with E-state index in [1.54, 1.807) is 6.08 Å². The fourth-order valence-electron chi connectivity index (χ4n) is 2.18. The minimum absolute atomic E-state index is 0.240. The molecule has 1 fully saturated rings. The van der Waals surface area contributed by atoms with Gasteiger partial charge in [-0.25, -0.2) is 4.79 Å². The van der Waals surface area contributed by atoms with Crippen molar-refractivity contribution in [1.29, 1.82) is 0 Å². The molecule has 3 amide bonds. The number of ether oxygens (including phenoxy) is 1. The Hall–Kier alpha value is -1.62. The van der Waals surface area contributed by atoms with Crippen LogP contribution in [-0.2, 0) is 11.4 Å². The lowest BCUT2D eigenvalue weighted by molar-refractivity contribution is -0.115. The molecule has 0 aromatic heterocycles. The molecule has 5 nitrogen and oxygen atoms in total. The molecule has 1 heterocycles. The van der Waals surface area contributed by atoms with Crippen molar-refractivity contribution in [2.24, 2.45) is 0 Å². The molecule has 2 aromatic rings. The molecule has 0 radical (unpaired) electrons. The topological polar surface area (TPSA) is 67.4 Å². The third kappa shape index (κ3) is 4.07. The van der Waals surface area contributed by atoms with Gasteiger partial charge in [-0.05, 0) is 74.5 Å². The molecule has 0 spiro atoms. The Morgan fingerprint density at radius 3 is 2.25 bits per heavy atom. The Morgan fingerprint density at radius 1 is 1.00 bits per heavy atom. The van der Waals surface area contributed by atoms with Crippen molar-refractivity contribution in [2.75, 3.05) is 0 Å². The van der Waals surface area contributed by atoms with Crippen LogP contribution in [0.1, 0.15) is 11.1 Å². The zero-order valence-electron chi connectivity index (χ0n) is 12.3. The summed E-state index contributed by atoms with van der Waals surface area (Å²) in [6.07, 6.45) is 1.64. The van der Waals surface area contributed by atoms with E-state index in [0.717, 1.165) is 24.0 Å². The molecule has 1 aliphatic heterocycles. The minimum atomic E-state index is -0.501. The SMILES string of the molecule is O=C1NC(=O)/C(=C\c2cc(I)c(OCc3ccccc3)c(I)c2)N1. The monoisotopic (exact) mass is 546 g/mol. The number of hydrogen-bond acceptors (Lipinski definition) is 3. The van der Waals surface area contributed by atoms with Crippen molar-refractivity contribution in [1.82, 2.24) is 10.6 Å². The smallest absolute Gasteiger partial charge is 0.326 e. The summed E-state index contributed by atoms with van der Waals surface area (Å²) in [6.45, 7) is 0.492. The zero-order valence-corrected chi connectivity index (χ0v) is 16.6. The van der Waals surface area contributed by atoms with Crippen LogP contribution in [0.5, 0.6) is 5.75 Å². The molecule has 0 unspecified atom stereocenters. The second-order valence-electron chi connectivity index (χ2n) is 5.05. The van der Waals surface area contributed by atoms with Crippen LogP contribution in [0.25, 0.3) is 6.08 Å². The summed E-state index contributed by atoms with van der Waals surface area (Å²) in [5.41, 5.74) is 2.16. The van der Waals surface area contributed by atoms with Crippen molar-refractivity contribution in [2.45, 2.75) is 6.61 Å². The van der Waals surface area contributed by atoms with E-state index in [-0.39, 0.29) is 5.70 Å². The molecule has 0 atom stereocenters. The third-order valence-corrected chi connectivity index (χ3v) is 4.88. The van der Waals surface area contributed by atoms with Crippen LogP contribution in [0.3, 0.4) is 0 Å². The summed E-state index contributed by atoms with van der Waals surface area (Å²) in [5.74, 6) is 0.386. The van der Waals surface area contributed by atoms with Gasteiger partial charge >= 0.3 is 6.03 Å². The molecule has 2 aromatic carbocycles. The number of hydrogen-bond donors (Lipinski definition) is 2. The second-order valence-corrected chi connectivity index (χ2v) is 7.38. The van der Waals surface area contributed by atoms with Crippen molar-refractivity contribution in [3.63, 3.8) is 0 Å². The van der Waals surface area contributed by atoms with Gasteiger partial charge in [0.15, 0.2) is 0 Å². The number of urea groups is 1. The molecule has 0 saturated carbocycles. The highest BCUT2D eigenvalue weighted by Gasteiger charge is 2.23. The van der Waals surface area contributed by atoms with Gasteiger partial charge in [-0.1, -0.05) is 30.3 Å². The highest BCUT2D eigenvalue weighted by Crippen LogP contribution is 2.30. The molecule has 2 N–H and O–H groups in total. The highest BCUT2D eigenvalue weighted by atomic mass is 127. The lowest BCUT2D eigenvalue weighted by atomic mass is 10.2. The first-order chi connectivity index (χ1) is 11.5. The van der Waals surface area contributed by atoms with Crippen molar-refractivity contribution >= 4 is 63.2 Å². The van der Waals surface area contributed by atoms with Crippen LogP contribution in [-0.4, -0.2) is 11.9 Å². The predicted octanol–water partition coefficient (Wildman–Crippen LogP) is 3.66. The van der Waals surface area contributed by atoms with E-state index < -0.39 is 11.9 Å². The lowest BCUT2D eigenvalue weighted by Gasteiger charge is -2.11. The van der Waals surface area contributed by atoms with Gasteiger partial charge in [0.25, 0.3) is 5.91 Å². The van der Waals surface area contributed by atoms with E-state index in [0.29, 0.717) is 6.61 Å². The van der Waals surface area contributed by atoms with Gasteiger partial charge in [-0.15, -0.1) is 0 Å². The second kappa shape index (κ2) is 7.51. The number of rotatable bonds is 4. The van der Waals surface area contributed by atoms with E-state index in [9.17, 15) is 9.59 Å². The largest absolute Gasteiger partial charge is 0.487 e. The fraction of sp³-hybridized carbons (Fsp3) is 0.0588. The highest BCUT2D eigenvalue weighted by molar-refractivity contribution is 14.1. The van der Waals surface area contributed by atoms with Crippen LogP contribution in [0.15, 0.2) is 48.2 Å². The molecule has 0 bridgehead atoms. The number of halogens is 2. The van der Waals surface area contributed by atoms with Crippen LogP contribution in [0.2, 0.25) is 0 Å². The Labute approximate surface area is 166 Å². The average molecular weight is 546 g/mol. The number of carbonyl (C=O) groups excluding carboxylic acids is 2. The Balaban J connectivity index is 1.80. The fourth-order valence-corrected chi connectivity index (χ4v) is 4.31. The van der Waals surface area contributed by atoms with Crippen LogP contribution in [0.4, 0.5) is 4.79 Å². The van der Waals surface area contributed by atoms with Crippen LogP contribution >= 0.6 is 45.2 Å². The van der Waals surface area contributed by atoms with Crippen molar-refractivity contribution in [3.8, 4) is 5.75 Å². The maximum absolute atomic E-state index is 11.6. The Bertz CT molecular complexity index is 812. The Morgan fingerprint density at radius 2 is 1.67 bits per heavy atom. The normalized spacial score (nSPS) is 15.3. The summed E-state index contributed by atoms with van der Waals surface area (Å²) in [6, 6.07) is 13.3. The maximum atomic E-state index is 11.6. The number of imide groups is 1. The summed E-state index contributed by atoms with van der Waals surface area (Å²) in [5, 5.41) is 4.66. The van der Waals surface area contributed by atoms with Gasteiger partial charge in [-0.2, -0.15) is 0 Å².